The number of ether oxygens (including phenoxy) is 2. The number of rotatable bonds is 6. The van der Waals surface area contributed by atoms with Crippen LogP contribution < -0.4 is 31.0 Å². The number of hydrogen-bond acceptors (Lipinski definition) is 6. The molecule has 0 spiro atoms. The number of benzene rings is 2. The summed E-state index contributed by atoms with van der Waals surface area (Å²) in [5.41, 5.74) is 9.25. The fourth-order valence-electron chi connectivity index (χ4n) is 2.80. The highest BCUT2D eigenvalue weighted by Gasteiger charge is 2.27. The molecule has 1 amide bonds. The number of carbonyl (C=O) groups is 1. The topological polar surface area (TPSA) is 83.7 Å². The zero-order chi connectivity index (χ0) is 18.5. The molecule has 2 unspecified atom stereocenters. The van der Waals surface area contributed by atoms with E-state index in [2.05, 4.69) is 21.5 Å². The molecule has 0 bridgehead atoms. The Morgan fingerprint density at radius 1 is 1.00 bits per heavy atom. The van der Waals surface area contributed by atoms with E-state index >= 15 is 0 Å². The molecule has 1 aliphatic heterocycles. The average Bonchev–Trinajstić information content (AvgIpc) is 2.65. The van der Waals surface area contributed by atoms with E-state index < -0.39 is 6.29 Å². The first-order chi connectivity index (χ1) is 12.6. The van der Waals surface area contributed by atoms with Gasteiger partial charge in [-0.15, -0.1) is 0 Å². The molecule has 1 saturated heterocycles. The summed E-state index contributed by atoms with van der Waals surface area (Å²) < 4.78 is 10.5. The predicted octanol–water partition coefficient (Wildman–Crippen LogP) is 1.54. The highest BCUT2D eigenvalue weighted by molar-refractivity contribution is 5.83. The molecule has 2 aromatic rings. The lowest BCUT2D eigenvalue weighted by atomic mass is 10.0. The van der Waals surface area contributed by atoms with Crippen LogP contribution in [0.2, 0.25) is 0 Å². The number of anilines is 1. The Kier molecular flexibility index (Phi) is 5.60. The molecule has 4 N–H and O–H groups in total. The molecule has 1 aliphatic rings. The van der Waals surface area contributed by atoms with Gasteiger partial charge in [0.1, 0.15) is 6.04 Å². The van der Waals surface area contributed by atoms with Gasteiger partial charge in [0, 0.05) is 11.8 Å². The molecule has 7 nitrogen and oxygen atoms in total. The summed E-state index contributed by atoms with van der Waals surface area (Å²) in [6, 6.07) is 13.3. The number of amides is 1. The standard InChI is InChI=1S/C19H24N4O3/c1-12-4-6-13(7-5-12)10-15-18(24)21-19(23-22-15)20-14-8-9-16(25-2)17(11-14)26-3/h4-9,11,15,19-20,22-23H,10H2,1-3H3,(H,21,24). The van der Waals surface area contributed by atoms with Crippen molar-refractivity contribution in [2.24, 2.45) is 0 Å². The van der Waals surface area contributed by atoms with E-state index in [1.54, 1.807) is 20.3 Å². The SMILES string of the molecule is COc1ccc(NC2NNC(Cc3ccc(C)cc3)C(=O)N2)cc1OC. The third-order valence-electron chi connectivity index (χ3n) is 4.26. The van der Waals surface area contributed by atoms with Crippen LogP contribution in [0.5, 0.6) is 11.5 Å². The quantitative estimate of drug-likeness (QED) is 0.629. The first-order valence-corrected chi connectivity index (χ1v) is 8.44. The lowest BCUT2D eigenvalue weighted by Crippen LogP contribution is -2.68. The molecule has 26 heavy (non-hydrogen) atoms. The minimum Gasteiger partial charge on any atom is -0.493 e. The lowest BCUT2D eigenvalue weighted by molar-refractivity contribution is -0.126. The lowest BCUT2D eigenvalue weighted by Gasteiger charge is -2.32. The monoisotopic (exact) mass is 356 g/mol. The summed E-state index contributed by atoms with van der Waals surface area (Å²) in [5, 5.41) is 6.10. The minimum absolute atomic E-state index is 0.0673. The van der Waals surface area contributed by atoms with Gasteiger partial charge in [-0.25, -0.2) is 10.9 Å². The maximum Gasteiger partial charge on any atom is 0.241 e. The highest BCUT2D eigenvalue weighted by atomic mass is 16.5. The van der Waals surface area contributed by atoms with Crippen LogP contribution in [-0.2, 0) is 11.2 Å². The molecule has 0 aromatic heterocycles. The van der Waals surface area contributed by atoms with Gasteiger partial charge in [-0.3, -0.25) is 4.79 Å². The Hall–Kier alpha value is -2.77. The average molecular weight is 356 g/mol. The van der Waals surface area contributed by atoms with E-state index in [1.165, 1.54) is 5.56 Å². The third-order valence-corrected chi connectivity index (χ3v) is 4.26. The number of aryl methyl sites for hydroxylation is 1. The van der Waals surface area contributed by atoms with Gasteiger partial charge in [-0.1, -0.05) is 29.8 Å². The smallest absolute Gasteiger partial charge is 0.241 e. The van der Waals surface area contributed by atoms with Gasteiger partial charge in [-0.05, 0) is 31.0 Å². The zero-order valence-electron chi connectivity index (χ0n) is 15.1. The van der Waals surface area contributed by atoms with Crippen molar-refractivity contribution in [1.29, 1.82) is 0 Å². The first-order valence-electron chi connectivity index (χ1n) is 8.44. The second-order valence-corrected chi connectivity index (χ2v) is 6.19. The number of carbonyl (C=O) groups excluding carboxylic acids is 1. The van der Waals surface area contributed by atoms with E-state index in [0.717, 1.165) is 11.3 Å². The van der Waals surface area contributed by atoms with Crippen LogP contribution in [0.25, 0.3) is 0 Å². The summed E-state index contributed by atoms with van der Waals surface area (Å²) >= 11 is 0. The van der Waals surface area contributed by atoms with Crippen LogP contribution in [-0.4, -0.2) is 32.5 Å². The van der Waals surface area contributed by atoms with Gasteiger partial charge in [0.05, 0.1) is 14.2 Å². The van der Waals surface area contributed by atoms with Crippen molar-refractivity contribution in [3.8, 4) is 11.5 Å². The minimum atomic E-state index is -0.435. The van der Waals surface area contributed by atoms with E-state index in [4.69, 9.17) is 9.47 Å². The molecule has 0 saturated carbocycles. The molecule has 1 heterocycles. The number of nitrogens with one attached hydrogen (secondary N) is 4. The van der Waals surface area contributed by atoms with Gasteiger partial charge in [0.2, 0.25) is 5.91 Å². The molecular formula is C19H24N4O3. The molecule has 7 heteroatoms. The highest BCUT2D eigenvalue weighted by Crippen LogP contribution is 2.29. The molecule has 2 aromatic carbocycles. The molecule has 0 radical (unpaired) electrons. The Bertz CT molecular complexity index is 764. The largest absolute Gasteiger partial charge is 0.493 e. The predicted molar refractivity (Wildman–Crippen MR) is 100 cm³/mol. The summed E-state index contributed by atoms with van der Waals surface area (Å²) in [5.74, 6) is 1.20. The van der Waals surface area contributed by atoms with Crippen LogP contribution in [0.3, 0.4) is 0 Å². The van der Waals surface area contributed by atoms with Crippen molar-refractivity contribution in [3.63, 3.8) is 0 Å². The van der Waals surface area contributed by atoms with Crippen LogP contribution in [0.1, 0.15) is 11.1 Å². The van der Waals surface area contributed by atoms with E-state index in [-0.39, 0.29) is 11.9 Å². The van der Waals surface area contributed by atoms with E-state index in [9.17, 15) is 4.79 Å². The number of hydrazine groups is 1. The summed E-state index contributed by atoms with van der Waals surface area (Å²) in [6.07, 6.45) is 0.178. The Balaban J connectivity index is 1.58. The van der Waals surface area contributed by atoms with Gasteiger partial charge in [0.25, 0.3) is 0 Å². The van der Waals surface area contributed by atoms with Crippen molar-refractivity contribution in [3.05, 3.63) is 53.6 Å². The second kappa shape index (κ2) is 8.07. The van der Waals surface area contributed by atoms with Crippen LogP contribution >= 0.6 is 0 Å². The second-order valence-electron chi connectivity index (χ2n) is 6.19. The third kappa shape index (κ3) is 4.25. The van der Waals surface area contributed by atoms with Gasteiger partial charge in [0.15, 0.2) is 17.8 Å². The normalized spacial score (nSPS) is 19.6. The maximum atomic E-state index is 12.4. The first kappa shape index (κ1) is 18.0. The van der Waals surface area contributed by atoms with Crippen molar-refractivity contribution in [2.45, 2.75) is 25.7 Å². The summed E-state index contributed by atoms with van der Waals surface area (Å²) in [4.78, 5) is 12.4. The fraction of sp³-hybridized carbons (Fsp3) is 0.316. The Morgan fingerprint density at radius 2 is 1.73 bits per heavy atom. The van der Waals surface area contributed by atoms with E-state index in [0.29, 0.717) is 17.9 Å². The number of methoxy groups -OCH3 is 2. The summed E-state index contributed by atoms with van der Waals surface area (Å²) in [6.45, 7) is 2.04. The van der Waals surface area contributed by atoms with E-state index in [1.807, 2.05) is 43.3 Å². The molecule has 138 valence electrons. The van der Waals surface area contributed by atoms with Crippen LogP contribution in [0.4, 0.5) is 5.69 Å². The fourth-order valence-corrected chi connectivity index (χ4v) is 2.80. The van der Waals surface area contributed by atoms with Crippen molar-refractivity contribution < 1.29 is 14.3 Å². The molecule has 2 atom stereocenters. The van der Waals surface area contributed by atoms with Gasteiger partial charge < -0.3 is 20.1 Å². The van der Waals surface area contributed by atoms with Crippen LogP contribution in [0, 0.1) is 6.92 Å². The van der Waals surface area contributed by atoms with Gasteiger partial charge >= 0.3 is 0 Å². The van der Waals surface area contributed by atoms with Crippen molar-refractivity contribution >= 4 is 11.6 Å². The van der Waals surface area contributed by atoms with Crippen LogP contribution in [0.15, 0.2) is 42.5 Å². The summed E-state index contributed by atoms with van der Waals surface area (Å²) in [7, 11) is 3.17. The molecular weight excluding hydrogens is 332 g/mol. The Labute approximate surface area is 153 Å². The van der Waals surface area contributed by atoms with Crippen molar-refractivity contribution in [1.82, 2.24) is 16.2 Å². The van der Waals surface area contributed by atoms with Gasteiger partial charge in [-0.2, -0.15) is 0 Å². The molecule has 3 rings (SSSR count). The Morgan fingerprint density at radius 3 is 2.38 bits per heavy atom. The molecule has 1 fully saturated rings. The zero-order valence-corrected chi connectivity index (χ0v) is 15.1. The maximum absolute atomic E-state index is 12.4. The van der Waals surface area contributed by atoms with Crippen molar-refractivity contribution in [2.75, 3.05) is 19.5 Å². The number of hydrogen-bond donors (Lipinski definition) is 4. The molecule has 0 aliphatic carbocycles.